The number of hydrogen-bond donors (Lipinski definition) is 2. The van der Waals surface area contributed by atoms with Crippen molar-refractivity contribution < 1.29 is 27.3 Å². The number of benzene rings is 1. The van der Waals surface area contributed by atoms with Crippen molar-refractivity contribution in [1.29, 1.82) is 0 Å². The second-order valence-corrected chi connectivity index (χ2v) is 8.77. The summed E-state index contributed by atoms with van der Waals surface area (Å²) in [5, 5.41) is 11.6. The molecule has 0 bridgehead atoms. The van der Waals surface area contributed by atoms with Crippen molar-refractivity contribution in [2.45, 2.75) is 32.4 Å². The summed E-state index contributed by atoms with van der Waals surface area (Å²) in [4.78, 5) is 37.4. The van der Waals surface area contributed by atoms with Gasteiger partial charge in [0, 0.05) is 41.7 Å². The fourth-order valence-corrected chi connectivity index (χ4v) is 3.82. The SMILES string of the molecule is Cc1ccc(NC(=O)c2cc([C@H](C)CC(=O)c3cc(Nc4nccs4)ncn3)no2)cc1C(F)(F)F. The number of aryl methyl sites for hydroxylation is 1. The molecule has 4 rings (SSSR count). The number of carbonyl (C=O) groups is 2. The van der Waals surface area contributed by atoms with Gasteiger partial charge in [0.1, 0.15) is 17.8 Å². The van der Waals surface area contributed by atoms with Crippen LogP contribution in [-0.4, -0.2) is 31.8 Å². The minimum Gasteiger partial charge on any atom is -0.351 e. The smallest absolute Gasteiger partial charge is 0.351 e. The predicted molar refractivity (Wildman–Crippen MR) is 125 cm³/mol. The summed E-state index contributed by atoms with van der Waals surface area (Å²) in [5.41, 5.74) is -0.318. The molecule has 13 heteroatoms. The average molecular weight is 517 g/mol. The van der Waals surface area contributed by atoms with E-state index in [0.717, 1.165) is 6.07 Å². The number of ketones is 1. The number of nitrogens with zero attached hydrogens (tertiary/aromatic N) is 4. The molecule has 2 N–H and O–H groups in total. The van der Waals surface area contributed by atoms with Crippen LogP contribution in [0, 0.1) is 6.92 Å². The molecule has 0 radical (unpaired) electrons. The maximum absolute atomic E-state index is 13.1. The van der Waals surface area contributed by atoms with E-state index in [0.29, 0.717) is 16.6 Å². The van der Waals surface area contributed by atoms with E-state index in [1.807, 2.05) is 0 Å². The van der Waals surface area contributed by atoms with Crippen molar-refractivity contribution >= 4 is 39.7 Å². The summed E-state index contributed by atoms with van der Waals surface area (Å²) in [5.74, 6) is -1.25. The normalized spacial score (nSPS) is 12.2. The van der Waals surface area contributed by atoms with Gasteiger partial charge in [0.15, 0.2) is 10.9 Å². The zero-order valence-electron chi connectivity index (χ0n) is 19.0. The Bertz CT molecular complexity index is 1390. The minimum atomic E-state index is -4.55. The van der Waals surface area contributed by atoms with Crippen LogP contribution < -0.4 is 10.6 Å². The van der Waals surface area contributed by atoms with Gasteiger partial charge in [0.25, 0.3) is 5.91 Å². The second-order valence-electron chi connectivity index (χ2n) is 7.88. The molecule has 1 atom stereocenters. The number of alkyl halides is 3. The molecular formula is C23H19F3N6O3S. The van der Waals surface area contributed by atoms with Crippen LogP contribution in [0.2, 0.25) is 0 Å². The third-order valence-corrected chi connectivity index (χ3v) is 5.86. The highest BCUT2D eigenvalue weighted by Crippen LogP contribution is 2.33. The Hall–Kier alpha value is -4.13. The molecule has 4 aromatic rings. The zero-order chi connectivity index (χ0) is 25.9. The first-order valence-corrected chi connectivity index (χ1v) is 11.5. The van der Waals surface area contributed by atoms with Gasteiger partial charge in [-0.15, -0.1) is 11.3 Å². The largest absolute Gasteiger partial charge is 0.416 e. The zero-order valence-corrected chi connectivity index (χ0v) is 19.8. The van der Waals surface area contributed by atoms with Gasteiger partial charge < -0.3 is 15.2 Å². The minimum absolute atomic E-state index is 0.0220. The maximum atomic E-state index is 13.1. The Kier molecular flexibility index (Phi) is 7.10. The number of thiazole rings is 1. The third kappa shape index (κ3) is 5.92. The first kappa shape index (κ1) is 25.0. The second kappa shape index (κ2) is 10.2. The van der Waals surface area contributed by atoms with Crippen LogP contribution in [-0.2, 0) is 6.18 Å². The van der Waals surface area contributed by atoms with Crippen molar-refractivity contribution in [2.24, 2.45) is 0 Å². The van der Waals surface area contributed by atoms with Gasteiger partial charge in [-0.25, -0.2) is 15.0 Å². The Morgan fingerprint density at radius 3 is 2.67 bits per heavy atom. The summed E-state index contributed by atoms with van der Waals surface area (Å²) in [6.07, 6.45) is -1.63. The molecule has 1 amide bonds. The van der Waals surface area contributed by atoms with Gasteiger partial charge in [-0.2, -0.15) is 13.2 Å². The van der Waals surface area contributed by atoms with Crippen LogP contribution in [0.1, 0.15) is 57.1 Å². The van der Waals surface area contributed by atoms with Crippen LogP contribution in [0.3, 0.4) is 0 Å². The molecule has 186 valence electrons. The molecule has 0 saturated heterocycles. The Balaban J connectivity index is 1.40. The Labute approximate surface area is 206 Å². The van der Waals surface area contributed by atoms with Crippen LogP contribution in [0.25, 0.3) is 0 Å². The monoisotopic (exact) mass is 516 g/mol. The van der Waals surface area contributed by atoms with E-state index in [-0.39, 0.29) is 34.9 Å². The summed E-state index contributed by atoms with van der Waals surface area (Å²) >= 11 is 1.38. The molecule has 0 aliphatic heterocycles. The number of halogens is 3. The van der Waals surface area contributed by atoms with Gasteiger partial charge in [0.05, 0.1) is 11.3 Å². The third-order valence-electron chi connectivity index (χ3n) is 5.17. The molecule has 9 nitrogen and oxygen atoms in total. The lowest BCUT2D eigenvalue weighted by Gasteiger charge is -2.12. The molecule has 3 heterocycles. The van der Waals surface area contributed by atoms with Gasteiger partial charge in [-0.05, 0) is 24.6 Å². The quantitative estimate of drug-likeness (QED) is 0.289. The molecule has 0 spiro atoms. The van der Waals surface area contributed by atoms with Crippen LogP contribution >= 0.6 is 11.3 Å². The molecule has 3 aromatic heterocycles. The van der Waals surface area contributed by atoms with Gasteiger partial charge in [-0.3, -0.25) is 9.59 Å². The molecule has 0 aliphatic rings. The molecule has 0 unspecified atom stereocenters. The number of amides is 1. The highest BCUT2D eigenvalue weighted by molar-refractivity contribution is 7.13. The fourth-order valence-electron chi connectivity index (χ4n) is 3.29. The first-order valence-electron chi connectivity index (χ1n) is 10.6. The first-order chi connectivity index (χ1) is 17.1. The molecule has 1 aromatic carbocycles. The van der Waals surface area contributed by atoms with E-state index in [9.17, 15) is 22.8 Å². The molecule has 36 heavy (non-hydrogen) atoms. The van der Waals surface area contributed by atoms with Crippen molar-refractivity contribution in [1.82, 2.24) is 20.1 Å². The number of Topliss-reactive ketones (excluding diaryl/α,β-unsaturated/α-hetero) is 1. The lowest BCUT2D eigenvalue weighted by Crippen LogP contribution is -2.13. The van der Waals surface area contributed by atoms with E-state index in [1.165, 1.54) is 48.9 Å². The number of nitrogens with one attached hydrogen (secondary N) is 2. The summed E-state index contributed by atoms with van der Waals surface area (Å²) < 4.78 is 44.5. The number of carbonyl (C=O) groups excluding carboxylic acids is 2. The molecule has 0 saturated carbocycles. The lowest BCUT2D eigenvalue weighted by molar-refractivity contribution is -0.138. The van der Waals surface area contributed by atoms with Gasteiger partial charge in [0.2, 0.25) is 5.76 Å². The fraction of sp³-hybridized carbons (Fsp3) is 0.217. The predicted octanol–water partition coefficient (Wildman–Crippen LogP) is 5.62. The van der Waals surface area contributed by atoms with Crippen molar-refractivity contribution in [3.8, 4) is 0 Å². The summed E-state index contributed by atoms with van der Waals surface area (Å²) in [7, 11) is 0. The van der Waals surface area contributed by atoms with Crippen LogP contribution in [0.4, 0.5) is 29.8 Å². The van der Waals surface area contributed by atoms with Crippen molar-refractivity contribution in [3.63, 3.8) is 0 Å². The van der Waals surface area contributed by atoms with E-state index in [2.05, 4.69) is 30.7 Å². The lowest BCUT2D eigenvalue weighted by atomic mass is 9.99. The maximum Gasteiger partial charge on any atom is 0.416 e. The van der Waals surface area contributed by atoms with E-state index in [4.69, 9.17) is 4.52 Å². The molecule has 0 aliphatic carbocycles. The standard InChI is InChI=1S/C23H19F3N6O3S/c1-12-3-4-14(8-15(12)23(24,25)26)30-21(34)19-9-16(32-35-19)13(2)7-18(33)17-10-20(29-11-28-17)31-22-27-5-6-36-22/h3-6,8-11,13H,7H2,1-2H3,(H,30,34)(H,27,28,29,31)/t13-/m1/s1. The highest BCUT2D eigenvalue weighted by Gasteiger charge is 2.32. The Morgan fingerprint density at radius 2 is 1.94 bits per heavy atom. The topological polar surface area (TPSA) is 123 Å². The van der Waals surface area contributed by atoms with Crippen LogP contribution in [0.5, 0.6) is 0 Å². The van der Waals surface area contributed by atoms with E-state index < -0.39 is 23.6 Å². The summed E-state index contributed by atoms with van der Waals surface area (Å²) in [6, 6.07) is 6.34. The summed E-state index contributed by atoms with van der Waals surface area (Å²) in [6.45, 7) is 3.06. The van der Waals surface area contributed by atoms with Gasteiger partial charge >= 0.3 is 6.18 Å². The highest BCUT2D eigenvalue weighted by atomic mass is 32.1. The number of hydrogen-bond acceptors (Lipinski definition) is 9. The molecular weight excluding hydrogens is 497 g/mol. The van der Waals surface area contributed by atoms with E-state index >= 15 is 0 Å². The van der Waals surface area contributed by atoms with Crippen LogP contribution in [0.15, 0.2) is 52.8 Å². The Morgan fingerprint density at radius 1 is 1.14 bits per heavy atom. The number of rotatable bonds is 8. The van der Waals surface area contributed by atoms with Gasteiger partial charge in [-0.1, -0.05) is 18.1 Å². The average Bonchev–Trinajstić information content (AvgIpc) is 3.52. The van der Waals surface area contributed by atoms with E-state index in [1.54, 1.807) is 18.5 Å². The molecule has 0 fully saturated rings. The number of aromatic nitrogens is 4. The number of anilines is 3. The van der Waals surface area contributed by atoms with Crippen molar-refractivity contribution in [2.75, 3.05) is 10.6 Å². The van der Waals surface area contributed by atoms with Crippen molar-refractivity contribution in [3.05, 3.63) is 76.5 Å².